The minimum absolute atomic E-state index is 0.465. The number of fused-ring (bicyclic) bond motifs is 1. The Hall–Kier alpha value is -3.91. The van der Waals surface area contributed by atoms with E-state index in [1.165, 1.54) is 5.69 Å². The van der Waals surface area contributed by atoms with Gasteiger partial charge < -0.3 is 20.9 Å². The van der Waals surface area contributed by atoms with E-state index in [0.29, 0.717) is 18.2 Å². The van der Waals surface area contributed by atoms with E-state index in [9.17, 15) is 0 Å². The lowest BCUT2D eigenvalue weighted by atomic mass is 10.2. The largest absolute Gasteiger partial charge is 0.384 e. The summed E-state index contributed by atoms with van der Waals surface area (Å²) in [4.78, 5) is 18.6. The van der Waals surface area contributed by atoms with Gasteiger partial charge in [-0.15, -0.1) is 6.58 Å². The Morgan fingerprint density at radius 3 is 2.58 bits per heavy atom. The molecule has 8 heteroatoms. The van der Waals surface area contributed by atoms with E-state index in [2.05, 4.69) is 69.0 Å². The number of pyridine rings is 1. The predicted molar refractivity (Wildman–Crippen MR) is 134 cm³/mol. The van der Waals surface area contributed by atoms with E-state index in [4.69, 9.17) is 10.7 Å². The Labute approximate surface area is 193 Å². The van der Waals surface area contributed by atoms with Crippen LogP contribution in [-0.4, -0.2) is 57.6 Å². The molecule has 8 nitrogen and oxygen atoms in total. The molecule has 1 fully saturated rings. The van der Waals surface area contributed by atoms with Crippen molar-refractivity contribution >= 4 is 34.2 Å². The third kappa shape index (κ3) is 4.38. The summed E-state index contributed by atoms with van der Waals surface area (Å²) < 4.78 is 2.01. The van der Waals surface area contributed by atoms with E-state index in [0.717, 1.165) is 54.4 Å². The number of allylic oxidation sites excluding steroid dienone is 1. The number of hydrogen-bond acceptors (Lipinski definition) is 7. The number of nitrogen functional groups attached to an aromatic ring is 1. The highest BCUT2D eigenvalue weighted by atomic mass is 15.2. The van der Waals surface area contributed by atoms with Crippen LogP contribution in [0.2, 0.25) is 0 Å². The topological polar surface area (TPSA) is 88.1 Å². The number of rotatable bonds is 6. The monoisotopic (exact) mass is 440 g/mol. The van der Waals surface area contributed by atoms with Gasteiger partial charge in [-0.1, -0.05) is 12.1 Å². The summed E-state index contributed by atoms with van der Waals surface area (Å²) in [6.45, 7) is 8.15. The van der Waals surface area contributed by atoms with Crippen molar-refractivity contribution in [3.8, 4) is 5.82 Å². The van der Waals surface area contributed by atoms with Crippen molar-refractivity contribution in [3.63, 3.8) is 0 Å². The van der Waals surface area contributed by atoms with Crippen LogP contribution in [0.5, 0.6) is 0 Å². The van der Waals surface area contributed by atoms with Gasteiger partial charge in [0.25, 0.3) is 0 Å². The smallest absolute Gasteiger partial charge is 0.229 e. The molecule has 0 unspecified atom stereocenters. The van der Waals surface area contributed by atoms with Gasteiger partial charge in [0.05, 0.1) is 0 Å². The highest BCUT2D eigenvalue weighted by Gasteiger charge is 2.15. The first-order valence-electron chi connectivity index (χ1n) is 11.1. The van der Waals surface area contributed by atoms with E-state index in [1.807, 2.05) is 29.0 Å². The van der Waals surface area contributed by atoms with Gasteiger partial charge in [0.15, 0.2) is 5.65 Å². The second-order valence-electron chi connectivity index (χ2n) is 8.32. The van der Waals surface area contributed by atoms with E-state index < -0.39 is 0 Å². The third-order valence-corrected chi connectivity index (χ3v) is 5.95. The molecule has 4 aromatic rings. The first kappa shape index (κ1) is 21.0. The van der Waals surface area contributed by atoms with Crippen LogP contribution in [0.3, 0.4) is 0 Å². The van der Waals surface area contributed by atoms with Gasteiger partial charge in [0.1, 0.15) is 11.6 Å². The number of nitrogens with one attached hydrogen (secondary N) is 1. The molecule has 0 amide bonds. The van der Waals surface area contributed by atoms with Gasteiger partial charge in [-0.3, -0.25) is 4.57 Å². The first-order chi connectivity index (χ1) is 16.1. The summed E-state index contributed by atoms with van der Waals surface area (Å²) in [5, 5.41) is 4.27. The number of benzene rings is 1. The van der Waals surface area contributed by atoms with Crippen LogP contribution in [0.25, 0.3) is 16.9 Å². The molecule has 33 heavy (non-hydrogen) atoms. The van der Waals surface area contributed by atoms with Crippen molar-refractivity contribution in [2.75, 3.05) is 49.2 Å². The second-order valence-corrected chi connectivity index (χ2v) is 8.32. The Balaban J connectivity index is 1.43. The lowest BCUT2D eigenvalue weighted by molar-refractivity contribution is 0.313. The number of anilines is 4. The highest BCUT2D eigenvalue weighted by Crippen LogP contribution is 2.25. The van der Waals surface area contributed by atoms with Crippen molar-refractivity contribution in [3.05, 3.63) is 73.1 Å². The summed E-state index contributed by atoms with van der Waals surface area (Å²) in [6, 6.07) is 16.1. The van der Waals surface area contributed by atoms with Crippen LogP contribution < -0.4 is 16.0 Å². The number of likely N-dealkylation sites (N-methyl/N-ethyl adjacent to an activating group) is 1. The molecule has 0 saturated carbocycles. The van der Waals surface area contributed by atoms with Gasteiger partial charge in [0, 0.05) is 61.3 Å². The maximum atomic E-state index is 5.94. The summed E-state index contributed by atoms with van der Waals surface area (Å²) in [7, 11) is 2.17. The maximum absolute atomic E-state index is 5.94. The molecule has 5 rings (SSSR count). The molecule has 3 aromatic heterocycles. The molecule has 1 aliphatic heterocycles. The molecule has 4 heterocycles. The van der Waals surface area contributed by atoms with Crippen molar-refractivity contribution in [2.24, 2.45) is 0 Å². The Bertz CT molecular complexity index is 1270. The lowest BCUT2D eigenvalue weighted by Gasteiger charge is -2.34. The molecule has 0 aliphatic carbocycles. The zero-order valence-corrected chi connectivity index (χ0v) is 18.8. The van der Waals surface area contributed by atoms with Gasteiger partial charge >= 0.3 is 0 Å². The highest BCUT2D eigenvalue weighted by molar-refractivity contribution is 5.80. The molecule has 1 aromatic carbocycles. The standard InChI is InChI=1S/C25H28N8/c1-3-5-21-16-18-17-27-25(30-24(18)33(21)23-7-4-6-22(26)29-23)28-19-8-10-20(11-9-19)32-14-12-31(2)13-15-32/h3-4,6-11,16-17H,1,5,12-15H2,2H3,(H2,26,29)(H,27,28,30). The molecule has 168 valence electrons. The second kappa shape index (κ2) is 8.91. The minimum Gasteiger partial charge on any atom is -0.384 e. The molecule has 3 N–H and O–H groups in total. The molecule has 1 saturated heterocycles. The average Bonchev–Trinajstić information content (AvgIpc) is 3.18. The molecular formula is C25H28N8. The predicted octanol–water partition coefficient (Wildman–Crippen LogP) is 3.62. The number of piperazine rings is 1. The van der Waals surface area contributed by atoms with Gasteiger partial charge in [-0.25, -0.2) is 9.97 Å². The molecule has 0 spiro atoms. The van der Waals surface area contributed by atoms with E-state index >= 15 is 0 Å². The fraction of sp³-hybridized carbons (Fsp3) is 0.240. The summed E-state index contributed by atoms with van der Waals surface area (Å²) in [6.07, 6.45) is 4.38. The van der Waals surface area contributed by atoms with Crippen molar-refractivity contribution in [1.82, 2.24) is 24.4 Å². The van der Waals surface area contributed by atoms with Gasteiger partial charge in [-0.05, 0) is 49.5 Å². The van der Waals surface area contributed by atoms with Crippen molar-refractivity contribution in [1.29, 1.82) is 0 Å². The molecule has 1 aliphatic rings. The van der Waals surface area contributed by atoms with Crippen LogP contribution in [0.4, 0.5) is 23.1 Å². The minimum atomic E-state index is 0.465. The van der Waals surface area contributed by atoms with Crippen LogP contribution in [0.1, 0.15) is 5.69 Å². The lowest BCUT2D eigenvalue weighted by Crippen LogP contribution is -2.44. The number of aromatic nitrogens is 4. The van der Waals surface area contributed by atoms with Crippen molar-refractivity contribution < 1.29 is 0 Å². The Morgan fingerprint density at radius 2 is 1.85 bits per heavy atom. The third-order valence-electron chi connectivity index (χ3n) is 5.95. The van der Waals surface area contributed by atoms with Gasteiger partial charge in [0.2, 0.25) is 5.95 Å². The maximum Gasteiger partial charge on any atom is 0.229 e. The first-order valence-corrected chi connectivity index (χ1v) is 11.1. The molecule has 0 atom stereocenters. The molecular weight excluding hydrogens is 412 g/mol. The zero-order valence-electron chi connectivity index (χ0n) is 18.8. The SMILES string of the molecule is C=CCc1cc2cnc(Nc3ccc(N4CCN(C)CC4)cc3)nc2n1-c1cccc(N)n1. The average molecular weight is 441 g/mol. The normalized spacial score (nSPS) is 14.5. The van der Waals surface area contributed by atoms with Crippen LogP contribution in [0.15, 0.2) is 67.4 Å². The zero-order chi connectivity index (χ0) is 22.8. The quantitative estimate of drug-likeness (QED) is 0.443. The summed E-state index contributed by atoms with van der Waals surface area (Å²) in [5.41, 5.74) is 9.93. The number of nitrogens with two attached hydrogens (primary N) is 1. The van der Waals surface area contributed by atoms with Gasteiger partial charge in [-0.2, -0.15) is 4.98 Å². The fourth-order valence-electron chi connectivity index (χ4n) is 4.17. The number of hydrogen-bond donors (Lipinski definition) is 2. The van der Waals surface area contributed by atoms with Crippen LogP contribution in [-0.2, 0) is 6.42 Å². The Morgan fingerprint density at radius 1 is 1.06 bits per heavy atom. The number of nitrogens with zero attached hydrogens (tertiary/aromatic N) is 6. The Kier molecular flexibility index (Phi) is 5.66. The van der Waals surface area contributed by atoms with Crippen molar-refractivity contribution in [2.45, 2.75) is 6.42 Å². The molecule has 0 radical (unpaired) electrons. The fourth-order valence-corrected chi connectivity index (χ4v) is 4.17. The summed E-state index contributed by atoms with van der Waals surface area (Å²) >= 11 is 0. The van der Waals surface area contributed by atoms with Crippen LogP contribution in [0, 0.1) is 0 Å². The van der Waals surface area contributed by atoms with E-state index in [-0.39, 0.29) is 0 Å². The van der Waals surface area contributed by atoms with E-state index in [1.54, 1.807) is 6.07 Å². The summed E-state index contributed by atoms with van der Waals surface area (Å²) in [5.74, 6) is 1.72. The molecule has 0 bridgehead atoms. The van der Waals surface area contributed by atoms with Crippen LogP contribution >= 0.6 is 0 Å².